The first kappa shape index (κ1) is 15.1. The summed E-state index contributed by atoms with van der Waals surface area (Å²) in [4.78, 5) is 24.7. The standard InChI is InChI=1S/C12H22N2O3S/c1-8(2)10(11(15)16)13-12(17)14-6-4-9(18-3)5-7-14/h8-10H,4-7H2,1-3H3,(H,13,17)(H,15,16)/t10-/m1/s1. The third-order valence-corrected chi connectivity index (χ3v) is 4.41. The van der Waals surface area contributed by atoms with Crippen molar-refractivity contribution < 1.29 is 14.7 Å². The first-order valence-corrected chi connectivity index (χ1v) is 7.55. The molecule has 104 valence electrons. The van der Waals surface area contributed by atoms with E-state index in [1.54, 1.807) is 18.7 Å². The smallest absolute Gasteiger partial charge is 0.326 e. The molecular formula is C12H22N2O3S. The molecule has 0 aromatic rings. The number of nitrogens with zero attached hydrogens (tertiary/aromatic N) is 1. The number of aliphatic carboxylic acids is 1. The second-order valence-corrected chi connectivity index (χ2v) is 6.07. The number of piperidine rings is 1. The Balaban J connectivity index is 2.48. The van der Waals surface area contributed by atoms with Crippen LogP contribution < -0.4 is 5.32 Å². The molecule has 0 saturated carbocycles. The van der Waals surface area contributed by atoms with Crippen molar-refractivity contribution in [1.29, 1.82) is 0 Å². The molecule has 0 spiro atoms. The van der Waals surface area contributed by atoms with Gasteiger partial charge >= 0.3 is 12.0 Å². The number of nitrogens with one attached hydrogen (secondary N) is 1. The Morgan fingerprint density at radius 2 is 1.89 bits per heavy atom. The summed E-state index contributed by atoms with van der Waals surface area (Å²) in [5.74, 6) is -1.09. The average Bonchev–Trinajstić information content (AvgIpc) is 2.35. The molecule has 2 N–H and O–H groups in total. The minimum absolute atomic E-state index is 0.116. The molecular weight excluding hydrogens is 252 g/mol. The number of amides is 2. The summed E-state index contributed by atoms with van der Waals surface area (Å²) in [5, 5.41) is 12.3. The highest BCUT2D eigenvalue weighted by molar-refractivity contribution is 7.99. The Bertz CT molecular complexity index is 302. The van der Waals surface area contributed by atoms with Crippen molar-refractivity contribution in [1.82, 2.24) is 10.2 Å². The molecule has 1 saturated heterocycles. The van der Waals surface area contributed by atoms with Crippen molar-refractivity contribution in [2.45, 2.75) is 38.0 Å². The van der Waals surface area contributed by atoms with Crippen LogP contribution in [0.3, 0.4) is 0 Å². The minimum atomic E-state index is -0.975. The summed E-state index contributed by atoms with van der Waals surface area (Å²) >= 11 is 1.83. The maximum Gasteiger partial charge on any atom is 0.326 e. The molecule has 0 unspecified atom stereocenters. The Labute approximate surface area is 112 Å². The maximum atomic E-state index is 12.0. The van der Waals surface area contributed by atoms with Gasteiger partial charge in [0.25, 0.3) is 0 Å². The van der Waals surface area contributed by atoms with Gasteiger partial charge in [-0.15, -0.1) is 0 Å². The first-order chi connectivity index (χ1) is 8.45. The van der Waals surface area contributed by atoms with Crippen LogP contribution >= 0.6 is 11.8 Å². The van der Waals surface area contributed by atoms with Crippen LogP contribution in [-0.4, -0.2) is 52.6 Å². The number of carbonyl (C=O) groups excluding carboxylic acids is 1. The number of thioether (sulfide) groups is 1. The Morgan fingerprint density at radius 3 is 2.28 bits per heavy atom. The zero-order chi connectivity index (χ0) is 13.7. The van der Waals surface area contributed by atoms with E-state index in [4.69, 9.17) is 5.11 Å². The molecule has 0 radical (unpaired) electrons. The fraction of sp³-hybridized carbons (Fsp3) is 0.833. The van der Waals surface area contributed by atoms with Crippen LogP contribution in [-0.2, 0) is 4.79 Å². The number of hydrogen-bond acceptors (Lipinski definition) is 3. The Kier molecular flexibility index (Phi) is 5.78. The van der Waals surface area contributed by atoms with Crippen LogP contribution in [0.25, 0.3) is 0 Å². The summed E-state index contributed by atoms with van der Waals surface area (Å²) in [5.41, 5.74) is 0. The molecule has 1 aliphatic rings. The molecule has 1 heterocycles. The second-order valence-electron chi connectivity index (χ2n) is 4.93. The molecule has 0 bridgehead atoms. The van der Waals surface area contributed by atoms with Crippen molar-refractivity contribution in [3.63, 3.8) is 0 Å². The molecule has 1 fully saturated rings. The molecule has 1 rings (SSSR count). The quantitative estimate of drug-likeness (QED) is 0.817. The highest BCUT2D eigenvalue weighted by Crippen LogP contribution is 2.20. The van der Waals surface area contributed by atoms with E-state index in [1.165, 1.54) is 0 Å². The number of carboxylic acids is 1. The summed E-state index contributed by atoms with van der Waals surface area (Å²) in [7, 11) is 0. The predicted octanol–water partition coefficient (Wildman–Crippen LogP) is 1.63. The lowest BCUT2D eigenvalue weighted by Gasteiger charge is -2.32. The SMILES string of the molecule is CSC1CCN(C(=O)N[C@@H](C(=O)O)C(C)C)CC1. The zero-order valence-corrected chi connectivity index (χ0v) is 12.0. The number of carbonyl (C=O) groups is 2. The monoisotopic (exact) mass is 274 g/mol. The first-order valence-electron chi connectivity index (χ1n) is 6.26. The van der Waals surface area contributed by atoms with E-state index in [0.717, 1.165) is 12.8 Å². The summed E-state index contributed by atoms with van der Waals surface area (Å²) < 4.78 is 0. The fourth-order valence-corrected chi connectivity index (χ4v) is 2.71. The summed E-state index contributed by atoms with van der Waals surface area (Å²) in [6.45, 7) is 5.00. The second kappa shape index (κ2) is 6.87. The molecule has 6 heteroatoms. The van der Waals surface area contributed by atoms with Crippen molar-refractivity contribution in [2.24, 2.45) is 5.92 Å². The van der Waals surface area contributed by atoms with Gasteiger partial charge in [-0.1, -0.05) is 13.8 Å². The molecule has 5 nitrogen and oxygen atoms in total. The van der Waals surface area contributed by atoms with Crippen LogP contribution in [0, 0.1) is 5.92 Å². The van der Waals surface area contributed by atoms with Crippen molar-refractivity contribution in [2.75, 3.05) is 19.3 Å². The normalized spacial score (nSPS) is 18.8. The number of rotatable bonds is 4. The van der Waals surface area contributed by atoms with Crippen LogP contribution in [0.1, 0.15) is 26.7 Å². The van der Waals surface area contributed by atoms with Crippen LogP contribution in [0.15, 0.2) is 0 Å². The van der Waals surface area contributed by atoms with Crippen LogP contribution in [0.4, 0.5) is 4.79 Å². The highest BCUT2D eigenvalue weighted by Gasteiger charge is 2.28. The Morgan fingerprint density at radius 1 is 1.33 bits per heavy atom. The lowest BCUT2D eigenvalue weighted by atomic mass is 10.1. The zero-order valence-electron chi connectivity index (χ0n) is 11.2. The highest BCUT2D eigenvalue weighted by atomic mass is 32.2. The van der Waals surface area contributed by atoms with E-state index in [0.29, 0.717) is 18.3 Å². The lowest BCUT2D eigenvalue weighted by Crippen LogP contribution is -2.52. The van der Waals surface area contributed by atoms with Crippen molar-refractivity contribution in [3.05, 3.63) is 0 Å². The van der Waals surface area contributed by atoms with Gasteiger partial charge in [0.05, 0.1) is 0 Å². The van der Waals surface area contributed by atoms with Gasteiger partial charge in [0.2, 0.25) is 0 Å². The number of hydrogen-bond donors (Lipinski definition) is 2. The molecule has 2 amide bonds. The van der Waals surface area contributed by atoms with Crippen LogP contribution in [0.2, 0.25) is 0 Å². The van der Waals surface area contributed by atoms with Gasteiger partial charge in [-0.25, -0.2) is 9.59 Å². The number of carboxylic acid groups (broad SMARTS) is 1. The van der Waals surface area contributed by atoms with Gasteiger partial charge in [-0.2, -0.15) is 11.8 Å². The maximum absolute atomic E-state index is 12.0. The molecule has 0 aliphatic carbocycles. The van der Waals surface area contributed by atoms with Gasteiger partial charge < -0.3 is 15.3 Å². The molecule has 18 heavy (non-hydrogen) atoms. The van der Waals surface area contributed by atoms with E-state index in [-0.39, 0.29) is 11.9 Å². The van der Waals surface area contributed by atoms with E-state index in [1.807, 2.05) is 11.8 Å². The lowest BCUT2D eigenvalue weighted by molar-refractivity contribution is -0.140. The minimum Gasteiger partial charge on any atom is -0.480 e. The van der Waals surface area contributed by atoms with Gasteiger partial charge in [-0.05, 0) is 25.0 Å². The third-order valence-electron chi connectivity index (χ3n) is 3.27. The van der Waals surface area contributed by atoms with Gasteiger partial charge in [0.1, 0.15) is 6.04 Å². The average molecular weight is 274 g/mol. The molecule has 0 aromatic carbocycles. The van der Waals surface area contributed by atoms with Crippen molar-refractivity contribution >= 4 is 23.8 Å². The summed E-state index contributed by atoms with van der Waals surface area (Å²) in [6.07, 6.45) is 4.04. The molecule has 1 atom stereocenters. The topological polar surface area (TPSA) is 69.6 Å². The third kappa shape index (κ3) is 4.08. The van der Waals surface area contributed by atoms with Gasteiger partial charge in [-0.3, -0.25) is 0 Å². The Hall–Kier alpha value is -0.910. The van der Waals surface area contributed by atoms with Crippen molar-refractivity contribution in [3.8, 4) is 0 Å². The molecule has 0 aromatic heterocycles. The van der Waals surface area contributed by atoms with Crippen LogP contribution in [0.5, 0.6) is 0 Å². The number of urea groups is 1. The largest absolute Gasteiger partial charge is 0.480 e. The molecule has 1 aliphatic heterocycles. The van der Waals surface area contributed by atoms with Gasteiger partial charge in [0.15, 0.2) is 0 Å². The fourth-order valence-electron chi connectivity index (χ4n) is 2.03. The van der Waals surface area contributed by atoms with E-state index in [9.17, 15) is 9.59 Å². The van der Waals surface area contributed by atoms with E-state index < -0.39 is 12.0 Å². The van der Waals surface area contributed by atoms with Gasteiger partial charge in [0, 0.05) is 18.3 Å². The summed E-state index contributed by atoms with van der Waals surface area (Å²) in [6, 6.07) is -1.06. The number of likely N-dealkylation sites (tertiary alicyclic amines) is 1. The van der Waals surface area contributed by atoms with E-state index in [2.05, 4.69) is 11.6 Å². The van der Waals surface area contributed by atoms with E-state index >= 15 is 0 Å². The predicted molar refractivity (Wildman–Crippen MR) is 72.9 cm³/mol.